The maximum atomic E-state index is 12.9. The van der Waals surface area contributed by atoms with Crippen molar-refractivity contribution in [2.45, 2.75) is 19.4 Å². The molecule has 1 N–H and O–H groups in total. The fourth-order valence-corrected chi connectivity index (χ4v) is 4.89. The van der Waals surface area contributed by atoms with Crippen LogP contribution in [0.4, 0.5) is 5.13 Å². The molecule has 1 atom stereocenters. The van der Waals surface area contributed by atoms with E-state index in [4.69, 9.17) is 0 Å². The van der Waals surface area contributed by atoms with Crippen molar-refractivity contribution in [2.24, 2.45) is 0 Å². The summed E-state index contributed by atoms with van der Waals surface area (Å²) in [6.07, 6.45) is 3.82. The van der Waals surface area contributed by atoms with Gasteiger partial charge >= 0.3 is 0 Å². The zero-order chi connectivity index (χ0) is 22.1. The Bertz CT molecular complexity index is 1350. The molecule has 1 unspecified atom stereocenters. The quantitative estimate of drug-likeness (QED) is 0.433. The summed E-state index contributed by atoms with van der Waals surface area (Å²) in [6.45, 7) is 1.51. The number of amides is 2. The van der Waals surface area contributed by atoms with Gasteiger partial charge in [0.05, 0.1) is 18.2 Å². The van der Waals surface area contributed by atoms with Gasteiger partial charge in [-0.2, -0.15) is 0 Å². The molecule has 4 aromatic rings. The Morgan fingerprint density at radius 1 is 1.03 bits per heavy atom. The zero-order valence-corrected chi connectivity index (χ0v) is 18.3. The van der Waals surface area contributed by atoms with Crippen molar-refractivity contribution in [3.8, 4) is 11.3 Å². The average Bonchev–Trinajstić information content (AvgIpc) is 3.26. The normalized spacial score (nSPS) is 14.9. The van der Waals surface area contributed by atoms with Crippen molar-refractivity contribution in [3.63, 3.8) is 0 Å². The molecular formula is C26H21N3O2S. The third kappa shape index (κ3) is 3.81. The van der Waals surface area contributed by atoms with E-state index in [9.17, 15) is 9.59 Å². The monoisotopic (exact) mass is 439 g/mol. The number of fused-ring (bicyclic) bond motifs is 2. The highest BCUT2D eigenvalue weighted by Crippen LogP contribution is 2.34. The van der Waals surface area contributed by atoms with Crippen molar-refractivity contribution < 1.29 is 9.59 Å². The van der Waals surface area contributed by atoms with Crippen molar-refractivity contribution in [1.29, 1.82) is 0 Å². The van der Waals surface area contributed by atoms with Gasteiger partial charge < -0.3 is 10.2 Å². The largest absolute Gasteiger partial charge is 0.311 e. The van der Waals surface area contributed by atoms with E-state index in [-0.39, 0.29) is 24.3 Å². The lowest BCUT2D eigenvalue weighted by Crippen LogP contribution is -2.33. The number of aromatic nitrogens is 1. The Morgan fingerprint density at radius 3 is 2.69 bits per heavy atom. The summed E-state index contributed by atoms with van der Waals surface area (Å²) in [5.41, 5.74) is 3.86. The lowest BCUT2D eigenvalue weighted by molar-refractivity contribution is -0.129. The van der Waals surface area contributed by atoms with Gasteiger partial charge in [-0.25, -0.2) is 4.98 Å². The van der Waals surface area contributed by atoms with Crippen LogP contribution in [0.2, 0.25) is 0 Å². The van der Waals surface area contributed by atoms with E-state index in [1.165, 1.54) is 18.3 Å². The summed E-state index contributed by atoms with van der Waals surface area (Å²) in [5, 5.41) is 7.70. The molecule has 158 valence electrons. The van der Waals surface area contributed by atoms with Crippen molar-refractivity contribution in [2.75, 3.05) is 5.32 Å². The molecule has 0 saturated carbocycles. The minimum atomic E-state index is -0.341. The number of anilines is 1. The molecule has 0 saturated heterocycles. The topological polar surface area (TPSA) is 62.3 Å². The first kappa shape index (κ1) is 20.2. The Kier molecular flexibility index (Phi) is 5.29. The van der Waals surface area contributed by atoms with Crippen LogP contribution in [0.25, 0.3) is 28.1 Å². The molecule has 1 aliphatic heterocycles. The maximum Gasteiger partial charge on any atom is 0.228 e. The summed E-state index contributed by atoms with van der Waals surface area (Å²) in [5.74, 6) is -0.272. The van der Waals surface area contributed by atoms with Gasteiger partial charge in [-0.05, 0) is 28.0 Å². The summed E-state index contributed by atoms with van der Waals surface area (Å²) in [7, 11) is 0. The SMILES string of the molecule is CC(=O)N1C=Cc2ccccc2C1CC(=O)Nc1nc(-c2cccc3ccccc23)cs1. The molecule has 1 aromatic heterocycles. The Balaban J connectivity index is 1.36. The summed E-state index contributed by atoms with van der Waals surface area (Å²) < 4.78 is 0. The third-order valence-corrected chi connectivity index (χ3v) is 6.42. The van der Waals surface area contributed by atoms with Crippen LogP contribution in [0.5, 0.6) is 0 Å². The Labute approximate surface area is 190 Å². The van der Waals surface area contributed by atoms with Crippen LogP contribution in [0.15, 0.2) is 78.3 Å². The van der Waals surface area contributed by atoms with Crippen LogP contribution in [-0.2, 0) is 9.59 Å². The maximum absolute atomic E-state index is 12.9. The number of benzene rings is 3. The minimum absolute atomic E-state index is 0.0963. The van der Waals surface area contributed by atoms with E-state index in [0.29, 0.717) is 5.13 Å². The smallest absolute Gasteiger partial charge is 0.228 e. The standard InChI is InChI=1S/C26H21N3O2S/c1-17(30)29-14-13-19-8-3-5-11-21(19)24(29)15-25(31)28-26-27-23(16-32-26)22-12-6-9-18-7-2-4-10-20(18)22/h2-14,16,24H,15H2,1H3,(H,27,28,31). The number of hydrogen-bond donors (Lipinski definition) is 1. The van der Waals surface area contributed by atoms with Crippen LogP contribution in [0.3, 0.4) is 0 Å². The molecule has 1 aliphatic rings. The lowest BCUT2D eigenvalue weighted by Gasteiger charge is -2.32. The van der Waals surface area contributed by atoms with E-state index in [1.807, 2.05) is 60.0 Å². The van der Waals surface area contributed by atoms with Gasteiger partial charge in [0.25, 0.3) is 0 Å². The molecule has 0 spiro atoms. The fourth-order valence-electron chi connectivity index (χ4n) is 4.16. The van der Waals surface area contributed by atoms with Crippen molar-refractivity contribution >= 4 is 45.1 Å². The van der Waals surface area contributed by atoms with Crippen molar-refractivity contribution in [3.05, 3.63) is 89.4 Å². The van der Waals surface area contributed by atoms with E-state index in [2.05, 4.69) is 28.5 Å². The fraction of sp³-hybridized carbons (Fsp3) is 0.115. The summed E-state index contributed by atoms with van der Waals surface area (Å²) in [6, 6.07) is 21.8. The summed E-state index contributed by atoms with van der Waals surface area (Å²) >= 11 is 1.40. The van der Waals surface area contributed by atoms with Gasteiger partial charge in [-0.1, -0.05) is 66.7 Å². The Hall–Kier alpha value is -3.77. The minimum Gasteiger partial charge on any atom is -0.311 e. The molecule has 6 heteroatoms. The predicted octanol–water partition coefficient (Wildman–Crippen LogP) is 5.87. The molecule has 0 fully saturated rings. The molecule has 5 nitrogen and oxygen atoms in total. The van der Waals surface area contributed by atoms with Crippen LogP contribution in [-0.4, -0.2) is 21.7 Å². The molecular weight excluding hydrogens is 418 g/mol. The second kappa shape index (κ2) is 8.40. The first-order valence-electron chi connectivity index (χ1n) is 10.4. The van der Waals surface area contributed by atoms with Crippen LogP contribution < -0.4 is 5.32 Å². The van der Waals surface area contributed by atoms with Crippen LogP contribution >= 0.6 is 11.3 Å². The van der Waals surface area contributed by atoms with Crippen molar-refractivity contribution in [1.82, 2.24) is 9.88 Å². The van der Waals surface area contributed by atoms with E-state index in [0.717, 1.165) is 33.2 Å². The van der Waals surface area contributed by atoms with Crippen LogP contribution in [0.1, 0.15) is 30.5 Å². The van der Waals surface area contributed by atoms with Gasteiger partial charge in [-0.3, -0.25) is 9.59 Å². The van der Waals surface area contributed by atoms with Gasteiger partial charge in [0.15, 0.2) is 5.13 Å². The van der Waals surface area contributed by atoms with Gasteiger partial charge in [-0.15, -0.1) is 11.3 Å². The molecule has 2 heterocycles. The number of nitrogens with one attached hydrogen (secondary N) is 1. The molecule has 0 radical (unpaired) electrons. The van der Waals surface area contributed by atoms with Gasteiger partial charge in [0.2, 0.25) is 11.8 Å². The Morgan fingerprint density at radius 2 is 1.81 bits per heavy atom. The third-order valence-electron chi connectivity index (χ3n) is 5.66. The number of thiazole rings is 1. The second-order valence-electron chi connectivity index (χ2n) is 7.70. The molecule has 5 rings (SSSR count). The highest BCUT2D eigenvalue weighted by molar-refractivity contribution is 7.14. The van der Waals surface area contributed by atoms with Crippen LogP contribution in [0, 0.1) is 0 Å². The first-order chi connectivity index (χ1) is 15.6. The lowest BCUT2D eigenvalue weighted by atomic mass is 9.93. The number of rotatable bonds is 4. The van der Waals surface area contributed by atoms with Gasteiger partial charge in [0, 0.05) is 24.1 Å². The van der Waals surface area contributed by atoms with E-state index < -0.39 is 0 Å². The molecule has 3 aromatic carbocycles. The second-order valence-corrected chi connectivity index (χ2v) is 8.56. The number of hydrogen-bond acceptors (Lipinski definition) is 4. The highest BCUT2D eigenvalue weighted by atomic mass is 32.1. The van der Waals surface area contributed by atoms with E-state index >= 15 is 0 Å². The average molecular weight is 440 g/mol. The molecule has 2 amide bonds. The highest BCUT2D eigenvalue weighted by Gasteiger charge is 2.28. The molecule has 0 bridgehead atoms. The number of nitrogens with zero attached hydrogens (tertiary/aromatic N) is 2. The summed E-state index contributed by atoms with van der Waals surface area (Å²) in [4.78, 5) is 31.3. The molecule has 0 aliphatic carbocycles. The number of carbonyl (C=O) groups is 2. The zero-order valence-electron chi connectivity index (χ0n) is 17.5. The van der Waals surface area contributed by atoms with Gasteiger partial charge in [0.1, 0.15) is 0 Å². The number of carbonyl (C=O) groups excluding carboxylic acids is 2. The van der Waals surface area contributed by atoms with E-state index in [1.54, 1.807) is 11.1 Å². The molecule has 32 heavy (non-hydrogen) atoms. The predicted molar refractivity (Wildman–Crippen MR) is 129 cm³/mol. The first-order valence-corrected chi connectivity index (χ1v) is 11.3.